The van der Waals surface area contributed by atoms with Gasteiger partial charge in [0, 0.05) is 23.2 Å². The fourth-order valence-corrected chi connectivity index (χ4v) is 3.82. The quantitative estimate of drug-likeness (QED) is 0.653. The number of amides is 1. The van der Waals surface area contributed by atoms with E-state index < -0.39 is 0 Å². The highest BCUT2D eigenvalue weighted by molar-refractivity contribution is 7.98. The molecule has 26 heavy (non-hydrogen) atoms. The summed E-state index contributed by atoms with van der Waals surface area (Å²) in [6.07, 6.45) is 1.70. The molecule has 0 aliphatic rings. The average molecular weight is 367 g/mol. The standard InChI is InChI=1S/C20H21N3O2S/c1-12-7-8-18(13(2)10-12)22-19(24)16-6-5-9-21-20(16)26-11-17-14(3)23-25-15(17)4/h5-10H,11H2,1-4H3,(H,22,24). The van der Waals surface area contributed by atoms with Crippen molar-refractivity contribution >= 4 is 23.4 Å². The fraction of sp³-hybridized carbons (Fsp3) is 0.250. The molecule has 0 unspecified atom stereocenters. The Bertz CT molecular complexity index is 930. The van der Waals surface area contributed by atoms with Crippen LogP contribution in [-0.2, 0) is 5.75 Å². The lowest BCUT2D eigenvalue weighted by molar-refractivity contribution is 0.102. The van der Waals surface area contributed by atoms with Gasteiger partial charge in [0.25, 0.3) is 5.91 Å². The van der Waals surface area contributed by atoms with Crippen molar-refractivity contribution in [1.82, 2.24) is 10.1 Å². The molecular weight excluding hydrogens is 346 g/mol. The Hall–Kier alpha value is -2.60. The van der Waals surface area contributed by atoms with E-state index in [1.165, 1.54) is 11.8 Å². The molecule has 0 spiro atoms. The maximum Gasteiger partial charge on any atom is 0.258 e. The molecule has 0 radical (unpaired) electrons. The molecule has 2 aromatic heterocycles. The van der Waals surface area contributed by atoms with Crippen molar-refractivity contribution in [3.8, 4) is 0 Å². The van der Waals surface area contributed by atoms with Gasteiger partial charge in [-0.1, -0.05) is 22.9 Å². The van der Waals surface area contributed by atoms with Crippen molar-refractivity contribution in [2.24, 2.45) is 0 Å². The molecule has 1 aromatic carbocycles. The summed E-state index contributed by atoms with van der Waals surface area (Å²) >= 11 is 1.51. The van der Waals surface area contributed by atoms with Crippen LogP contribution < -0.4 is 5.32 Å². The number of nitrogens with zero attached hydrogens (tertiary/aromatic N) is 2. The van der Waals surface area contributed by atoms with Crippen LogP contribution in [-0.4, -0.2) is 16.0 Å². The summed E-state index contributed by atoms with van der Waals surface area (Å²) in [4.78, 5) is 17.2. The van der Waals surface area contributed by atoms with E-state index in [0.717, 1.165) is 33.8 Å². The Labute approximate surface area is 157 Å². The number of thioether (sulfide) groups is 1. The highest BCUT2D eigenvalue weighted by Crippen LogP contribution is 2.28. The van der Waals surface area contributed by atoms with Crippen LogP contribution in [0.15, 0.2) is 46.1 Å². The topological polar surface area (TPSA) is 68.0 Å². The Morgan fingerprint density at radius 1 is 1.19 bits per heavy atom. The van der Waals surface area contributed by atoms with E-state index in [-0.39, 0.29) is 5.91 Å². The molecule has 0 saturated heterocycles. The number of aryl methyl sites for hydroxylation is 4. The predicted molar refractivity (Wildman–Crippen MR) is 104 cm³/mol. The molecule has 1 N–H and O–H groups in total. The second kappa shape index (κ2) is 7.74. The normalized spacial score (nSPS) is 10.8. The Balaban J connectivity index is 1.79. The molecule has 5 nitrogen and oxygen atoms in total. The summed E-state index contributed by atoms with van der Waals surface area (Å²) in [6.45, 7) is 7.82. The zero-order valence-electron chi connectivity index (χ0n) is 15.3. The second-order valence-corrected chi connectivity index (χ2v) is 7.18. The van der Waals surface area contributed by atoms with Crippen LogP contribution in [0.5, 0.6) is 0 Å². The van der Waals surface area contributed by atoms with Crippen molar-refractivity contribution in [3.05, 3.63) is 70.2 Å². The van der Waals surface area contributed by atoms with Gasteiger partial charge in [0.15, 0.2) is 0 Å². The van der Waals surface area contributed by atoms with Gasteiger partial charge in [-0.3, -0.25) is 4.79 Å². The summed E-state index contributed by atoms with van der Waals surface area (Å²) in [5.41, 5.74) is 5.48. The zero-order chi connectivity index (χ0) is 18.7. The molecule has 0 saturated carbocycles. The third kappa shape index (κ3) is 3.96. The van der Waals surface area contributed by atoms with Gasteiger partial charge in [-0.15, -0.1) is 11.8 Å². The van der Waals surface area contributed by atoms with Crippen molar-refractivity contribution < 1.29 is 9.32 Å². The summed E-state index contributed by atoms with van der Waals surface area (Å²) in [6, 6.07) is 9.53. The minimum absolute atomic E-state index is 0.161. The van der Waals surface area contributed by atoms with Crippen LogP contribution in [0.3, 0.4) is 0 Å². The summed E-state index contributed by atoms with van der Waals surface area (Å²) < 4.78 is 5.20. The molecule has 0 aliphatic heterocycles. The highest BCUT2D eigenvalue weighted by atomic mass is 32.2. The molecule has 0 atom stereocenters. The van der Waals surface area contributed by atoms with Gasteiger partial charge in [0.2, 0.25) is 0 Å². The first-order valence-corrected chi connectivity index (χ1v) is 9.32. The van der Waals surface area contributed by atoms with Crippen LogP contribution in [0.1, 0.15) is 38.5 Å². The van der Waals surface area contributed by atoms with E-state index in [1.807, 2.05) is 45.9 Å². The first-order chi connectivity index (χ1) is 12.5. The molecule has 0 bridgehead atoms. The number of carbonyl (C=O) groups is 1. The monoisotopic (exact) mass is 367 g/mol. The molecule has 0 aliphatic carbocycles. The molecule has 6 heteroatoms. The lowest BCUT2D eigenvalue weighted by atomic mass is 10.1. The lowest BCUT2D eigenvalue weighted by Gasteiger charge is -2.11. The van der Waals surface area contributed by atoms with E-state index in [9.17, 15) is 4.79 Å². The number of hydrogen-bond acceptors (Lipinski definition) is 5. The van der Waals surface area contributed by atoms with Crippen LogP contribution in [0, 0.1) is 27.7 Å². The number of benzene rings is 1. The van der Waals surface area contributed by atoms with Gasteiger partial charge in [0.05, 0.1) is 11.3 Å². The zero-order valence-corrected chi connectivity index (χ0v) is 16.1. The maximum absolute atomic E-state index is 12.8. The van der Waals surface area contributed by atoms with Crippen molar-refractivity contribution in [3.63, 3.8) is 0 Å². The molecule has 2 heterocycles. The Morgan fingerprint density at radius 2 is 2.00 bits per heavy atom. The van der Waals surface area contributed by atoms with E-state index in [2.05, 4.69) is 15.5 Å². The van der Waals surface area contributed by atoms with Crippen LogP contribution >= 0.6 is 11.8 Å². The van der Waals surface area contributed by atoms with Crippen molar-refractivity contribution in [2.75, 3.05) is 5.32 Å². The molecule has 1 amide bonds. The molecule has 3 aromatic rings. The van der Waals surface area contributed by atoms with E-state index >= 15 is 0 Å². The minimum Gasteiger partial charge on any atom is -0.361 e. The second-order valence-electron chi connectivity index (χ2n) is 6.22. The molecular formula is C20H21N3O2S. The average Bonchev–Trinajstić information content (AvgIpc) is 2.94. The van der Waals surface area contributed by atoms with Gasteiger partial charge in [0.1, 0.15) is 10.8 Å². The van der Waals surface area contributed by atoms with E-state index in [0.29, 0.717) is 16.3 Å². The molecule has 0 fully saturated rings. The van der Waals surface area contributed by atoms with Crippen LogP contribution in [0.2, 0.25) is 0 Å². The van der Waals surface area contributed by atoms with Crippen LogP contribution in [0.4, 0.5) is 5.69 Å². The SMILES string of the molecule is Cc1ccc(NC(=O)c2cccnc2SCc2c(C)noc2C)c(C)c1. The van der Waals surface area contributed by atoms with Gasteiger partial charge < -0.3 is 9.84 Å². The van der Waals surface area contributed by atoms with Gasteiger partial charge in [-0.2, -0.15) is 0 Å². The number of hydrogen-bond donors (Lipinski definition) is 1. The van der Waals surface area contributed by atoms with Gasteiger partial charge >= 0.3 is 0 Å². The number of carbonyl (C=O) groups excluding carboxylic acids is 1. The van der Waals surface area contributed by atoms with Gasteiger partial charge in [-0.05, 0) is 51.5 Å². The third-order valence-corrected chi connectivity index (χ3v) is 5.21. The largest absolute Gasteiger partial charge is 0.361 e. The number of anilines is 1. The third-order valence-electron chi connectivity index (χ3n) is 4.18. The van der Waals surface area contributed by atoms with Crippen molar-refractivity contribution in [2.45, 2.75) is 38.5 Å². The maximum atomic E-state index is 12.8. The number of aromatic nitrogens is 2. The summed E-state index contributed by atoms with van der Waals surface area (Å²) in [5, 5.41) is 7.65. The van der Waals surface area contributed by atoms with Crippen LogP contribution in [0.25, 0.3) is 0 Å². The lowest BCUT2D eigenvalue weighted by Crippen LogP contribution is -2.14. The summed E-state index contributed by atoms with van der Waals surface area (Å²) in [5.74, 6) is 1.29. The predicted octanol–water partition coefficient (Wildman–Crippen LogP) is 4.85. The number of pyridine rings is 1. The Morgan fingerprint density at radius 3 is 2.69 bits per heavy atom. The highest BCUT2D eigenvalue weighted by Gasteiger charge is 2.16. The Kier molecular flexibility index (Phi) is 5.42. The smallest absolute Gasteiger partial charge is 0.258 e. The van der Waals surface area contributed by atoms with Gasteiger partial charge in [-0.25, -0.2) is 4.98 Å². The number of nitrogens with one attached hydrogen (secondary N) is 1. The van der Waals surface area contributed by atoms with E-state index in [1.54, 1.807) is 18.3 Å². The fourth-order valence-electron chi connectivity index (χ4n) is 2.67. The summed E-state index contributed by atoms with van der Waals surface area (Å²) in [7, 11) is 0. The first kappa shape index (κ1) is 18.2. The molecule has 3 rings (SSSR count). The minimum atomic E-state index is -0.161. The number of rotatable bonds is 5. The van der Waals surface area contributed by atoms with Crippen molar-refractivity contribution in [1.29, 1.82) is 0 Å². The van der Waals surface area contributed by atoms with E-state index in [4.69, 9.17) is 4.52 Å². The first-order valence-electron chi connectivity index (χ1n) is 8.34. The molecule has 134 valence electrons.